The molecule has 0 saturated carbocycles. The molecule has 0 aromatic heterocycles. The Morgan fingerprint density at radius 1 is 1.25 bits per heavy atom. The number of fused-ring (bicyclic) bond motifs is 1. The van der Waals surface area contributed by atoms with Crippen LogP contribution in [0.3, 0.4) is 0 Å². The quantitative estimate of drug-likeness (QED) is 0.780. The van der Waals surface area contributed by atoms with Gasteiger partial charge < -0.3 is 5.32 Å². The second-order valence-corrected chi connectivity index (χ2v) is 5.41. The van der Waals surface area contributed by atoms with E-state index < -0.39 is 0 Å². The average molecular weight is 235 g/mol. The van der Waals surface area contributed by atoms with Crippen LogP contribution in [0.25, 0.3) is 0 Å². The Kier molecular flexibility index (Phi) is 4.58. The third-order valence-electron chi connectivity index (χ3n) is 3.24. The molecule has 0 fully saturated rings. The summed E-state index contributed by atoms with van der Waals surface area (Å²) < 4.78 is 0. The van der Waals surface area contributed by atoms with Crippen LogP contribution >= 0.6 is 11.8 Å². The number of thioether (sulfide) groups is 1. The molecule has 0 aliphatic heterocycles. The van der Waals surface area contributed by atoms with Gasteiger partial charge in [-0.3, -0.25) is 0 Å². The van der Waals surface area contributed by atoms with E-state index in [2.05, 4.69) is 29.8 Å². The van der Waals surface area contributed by atoms with Crippen LogP contribution < -0.4 is 5.32 Å². The Hall–Kier alpha value is -0.630. The molecule has 2 rings (SSSR count). The van der Waals surface area contributed by atoms with E-state index >= 15 is 0 Å². The first-order valence-corrected chi connectivity index (χ1v) is 7.65. The Morgan fingerprint density at radius 3 is 3.00 bits per heavy atom. The molecule has 0 radical (unpaired) electrons. The van der Waals surface area contributed by atoms with Crippen molar-refractivity contribution in [2.45, 2.75) is 32.1 Å². The van der Waals surface area contributed by atoms with Gasteiger partial charge in [-0.1, -0.05) is 12.1 Å². The second-order valence-electron chi connectivity index (χ2n) is 4.42. The van der Waals surface area contributed by atoms with Crippen molar-refractivity contribution < 1.29 is 0 Å². The molecule has 0 atom stereocenters. The number of nitrogens with one attached hydrogen (secondary N) is 1. The molecule has 0 unspecified atom stereocenters. The first-order valence-electron chi connectivity index (χ1n) is 6.25. The Bertz CT molecular complexity index is 336. The first-order chi connectivity index (χ1) is 7.92. The monoisotopic (exact) mass is 235 g/mol. The van der Waals surface area contributed by atoms with E-state index in [0.717, 1.165) is 6.54 Å². The predicted molar refractivity (Wildman–Crippen MR) is 74.6 cm³/mol. The summed E-state index contributed by atoms with van der Waals surface area (Å²) >= 11 is 1.93. The van der Waals surface area contributed by atoms with Crippen LogP contribution in [0.2, 0.25) is 0 Å². The molecule has 1 nitrogen and oxygen atoms in total. The summed E-state index contributed by atoms with van der Waals surface area (Å²) in [6, 6.07) is 6.73. The highest BCUT2D eigenvalue weighted by atomic mass is 32.2. The highest BCUT2D eigenvalue weighted by molar-refractivity contribution is 7.98. The minimum atomic E-state index is 1.11. The lowest BCUT2D eigenvalue weighted by Crippen LogP contribution is -2.09. The van der Waals surface area contributed by atoms with Crippen molar-refractivity contribution in [3.63, 3.8) is 0 Å². The number of anilines is 1. The average Bonchev–Trinajstić information content (AvgIpc) is 2.35. The van der Waals surface area contributed by atoms with Crippen molar-refractivity contribution in [3.05, 3.63) is 29.3 Å². The summed E-state index contributed by atoms with van der Waals surface area (Å²) in [5, 5.41) is 3.59. The molecule has 0 heterocycles. The Labute approximate surface area is 103 Å². The third-order valence-corrected chi connectivity index (χ3v) is 3.93. The van der Waals surface area contributed by atoms with Gasteiger partial charge in [0.25, 0.3) is 0 Å². The number of aryl methyl sites for hydroxylation is 1. The molecule has 0 saturated heterocycles. The van der Waals surface area contributed by atoms with Gasteiger partial charge in [0.05, 0.1) is 0 Å². The number of hydrogen-bond acceptors (Lipinski definition) is 2. The van der Waals surface area contributed by atoms with Crippen molar-refractivity contribution in [2.24, 2.45) is 0 Å². The van der Waals surface area contributed by atoms with Crippen LogP contribution in [0, 0.1) is 0 Å². The first kappa shape index (κ1) is 11.8. The van der Waals surface area contributed by atoms with Gasteiger partial charge in [0.1, 0.15) is 0 Å². The Morgan fingerprint density at radius 2 is 2.12 bits per heavy atom. The third kappa shape index (κ3) is 2.94. The van der Waals surface area contributed by atoms with Crippen LogP contribution in [-0.4, -0.2) is 18.6 Å². The van der Waals surface area contributed by atoms with Gasteiger partial charge in [0.15, 0.2) is 0 Å². The summed E-state index contributed by atoms with van der Waals surface area (Å²) in [7, 11) is 0. The molecular weight excluding hydrogens is 214 g/mol. The summed E-state index contributed by atoms with van der Waals surface area (Å²) in [5.41, 5.74) is 4.54. The lowest BCUT2D eigenvalue weighted by atomic mass is 9.90. The topological polar surface area (TPSA) is 12.0 Å². The molecule has 16 heavy (non-hydrogen) atoms. The lowest BCUT2D eigenvalue weighted by Gasteiger charge is -2.20. The van der Waals surface area contributed by atoms with Crippen LogP contribution in [0.1, 0.15) is 30.4 Å². The van der Waals surface area contributed by atoms with Crippen LogP contribution in [-0.2, 0) is 12.8 Å². The maximum atomic E-state index is 3.59. The van der Waals surface area contributed by atoms with Gasteiger partial charge in [-0.2, -0.15) is 11.8 Å². The molecule has 1 aromatic carbocycles. The summed E-state index contributed by atoms with van der Waals surface area (Å²) in [4.78, 5) is 0. The zero-order chi connectivity index (χ0) is 11.2. The standard InChI is InChI=1S/C14H21NS/c1-16-11-5-10-15-14-9-4-7-12-6-2-3-8-13(12)14/h4,7,9,15H,2-3,5-6,8,10-11H2,1H3. The Balaban J connectivity index is 1.97. The summed E-state index contributed by atoms with van der Waals surface area (Å²) in [5.74, 6) is 1.25. The smallest absolute Gasteiger partial charge is 0.0375 e. The van der Waals surface area contributed by atoms with E-state index in [9.17, 15) is 0 Å². The van der Waals surface area contributed by atoms with Crippen LogP contribution in [0.4, 0.5) is 5.69 Å². The zero-order valence-corrected chi connectivity index (χ0v) is 10.9. The fraction of sp³-hybridized carbons (Fsp3) is 0.571. The molecule has 2 heteroatoms. The van der Waals surface area contributed by atoms with E-state index in [4.69, 9.17) is 0 Å². The molecule has 1 aliphatic rings. The highest BCUT2D eigenvalue weighted by Gasteiger charge is 2.11. The van der Waals surface area contributed by atoms with Gasteiger partial charge in [-0.05, 0) is 61.3 Å². The molecule has 0 amide bonds. The minimum absolute atomic E-state index is 1.11. The SMILES string of the molecule is CSCCCNc1cccc2c1CCCC2. The van der Waals surface area contributed by atoms with Gasteiger partial charge in [0, 0.05) is 12.2 Å². The maximum absolute atomic E-state index is 3.59. The van der Waals surface area contributed by atoms with E-state index in [-0.39, 0.29) is 0 Å². The summed E-state index contributed by atoms with van der Waals surface area (Å²) in [6.45, 7) is 1.11. The van der Waals surface area contributed by atoms with E-state index in [1.807, 2.05) is 11.8 Å². The van der Waals surface area contributed by atoms with E-state index in [0.29, 0.717) is 0 Å². The molecular formula is C14H21NS. The molecule has 1 aliphatic carbocycles. The minimum Gasteiger partial charge on any atom is -0.385 e. The number of hydrogen-bond donors (Lipinski definition) is 1. The van der Waals surface area contributed by atoms with Crippen molar-refractivity contribution >= 4 is 17.4 Å². The van der Waals surface area contributed by atoms with Crippen molar-refractivity contribution in [3.8, 4) is 0 Å². The highest BCUT2D eigenvalue weighted by Crippen LogP contribution is 2.27. The number of benzene rings is 1. The summed E-state index contributed by atoms with van der Waals surface area (Å²) in [6.07, 6.45) is 8.69. The lowest BCUT2D eigenvalue weighted by molar-refractivity contribution is 0.686. The predicted octanol–water partition coefficient (Wildman–Crippen LogP) is 3.73. The normalized spacial score (nSPS) is 14.6. The van der Waals surface area contributed by atoms with Crippen molar-refractivity contribution in [1.82, 2.24) is 0 Å². The van der Waals surface area contributed by atoms with Gasteiger partial charge in [-0.25, -0.2) is 0 Å². The van der Waals surface area contributed by atoms with Crippen LogP contribution in [0.15, 0.2) is 18.2 Å². The maximum Gasteiger partial charge on any atom is 0.0375 e. The molecule has 1 N–H and O–H groups in total. The number of rotatable bonds is 5. The fourth-order valence-electron chi connectivity index (χ4n) is 2.39. The van der Waals surface area contributed by atoms with Crippen LogP contribution in [0.5, 0.6) is 0 Å². The molecule has 0 bridgehead atoms. The second kappa shape index (κ2) is 6.19. The van der Waals surface area contributed by atoms with Gasteiger partial charge in [0.2, 0.25) is 0 Å². The zero-order valence-electron chi connectivity index (χ0n) is 10.1. The van der Waals surface area contributed by atoms with Gasteiger partial charge >= 0.3 is 0 Å². The molecule has 88 valence electrons. The van der Waals surface area contributed by atoms with Gasteiger partial charge in [-0.15, -0.1) is 0 Å². The fourth-order valence-corrected chi connectivity index (χ4v) is 2.82. The van der Waals surface area contributed by atoms with Crippen molar-refractivity contribution in [2.75, 3.05) is 23.9 Å². The van der Waals surface area contributed by atoms with E-state index in [1.165, 1.54) is 43.5 Å². The van der Waals surface area contributed by atoms with Crippen molar-refractivity contribution in [1.29, 1.82) is 0 Å². The molecule has 0 spiro atoms. The van der Waals surface area contributed by atoms with E-state index in [1.54, 1.807) is 11.1 Å². The molecule has 1 aromatic rings. The largest absolute Gasteiger partial charge is 0.385 e.